The molecule has 1 heterocycles. The van der Waals surface area contributed by atoms with Crippen LogP contribution in [0.5, 0.6) is 0 Å². The van der Waals surface area contributed by atoms with E-state index in [4.69, 9.17) is 0 Å². The van der Waals surface area contributed by atoms with Gasteiger partial charge < -0.3 is 4.90 Å². The zero-order valence-electron chi connectivity index (χ0n) is 10.5. The summed E-state index contributed by atoms with van der Waals surface area (Å²) in [6.07, 6.45) is 3.39. The van der Waals surface area contributed by atoms with Gasteiger partial charge in [0, 0.05) is 25.6 Å². The van der Waals surface area contributed by atoms with Gasteiger partial charge in [-0.15, -0.1) is 0 Å². The van der Waals surface area contributed by atoms with Crippen molar-refractivity contribution in [3.05, 3.63) is 39.7 Å². The maximum atomic E-state index is 13.5. The van der Waals surface area contributed by atoms with Gasteiger partial charge in [0.2, 0.25) is 11.7 Å². The summed E-state index contributed by atoms with van der Waals surface area (Å²) in [6.45, 7) is 0.977. The van der Waals surface area contributed by atoms with Crippen LogP contribution < -0.4 is 0 Å². The average Bonchev–Trinajstić information content (AvgIpc) is 2.55. The first kappa shape index (κ1) is 13.5. The van der Waals surface area contributed by atoms with Crippen LogP contribution in [-0.4, -0.2) is 22.3 Å². The van der Waals surface area contributed by atoms with Crippen molar-refractivity contribution < 1.29 is 14.1 Å². The number of hydrogen-bond donors (Lipinski definition) is 0. The number of rotatable bonds is 3. The van der Waals surface area contributed by atoms with Gasteiger partial charge in [0.15, 0.2) is 0 Å². The van der Waals surface area contributed by atoms with Crippen LogP contribution in [0.3, 0.4) is 0 Å². The molecule has 0 unspecified atom stereocenters. The number of nitro benzene ring substituents is 1. The molecule has 102 valence electrons. The summed E-state index contributed by atoms with van der Waals surface area (Å²) < 4.78 is 13.5. The van der Waals surface area contributed by atoms with E-state index in [1.54, 1.807) is 4.90 Å². The molecule has 0 spiro atoms. The first-order chi connectivity index (χ1) is 9.08. The third-order valence-electron chi connectivity index (χ3n) is 3.25. The van der Waals surface area contributed by atoms with Crippen LogP contribution in [-0.2, 0) is 11.3 Å². The lowest BCUT2D eigenvalue weighted by molar-refractivity contribution is -0.387. The number of nitrogens with zero attached hydrogens (tertiary/aromatic N) is 2. The predicted octanol–water partition coefficient (Wildman–Crippen LogP) is 2.64. The Hall–Kier alpha value is -1.98. The first-order valence-corrected chi connectivity index (χ1v) is 6.28. The number of carbonyl (C=O) groups excluding carboxylic acids is 1. The molecule has 0 aromatic heterocycles. The SMILES string of the molecule is O=C1CCCCCN1Cc1ccc([N+](=O)[O-])c(F)c1. The molecule has 6 heteroatoms. The Balaban J connectivity index is 2.12. The summed E-state index contributed by atoms with van der Waals surface area (Å²) in [5.74, 6) is -0.791. The molecule has 1 amide bonds. The summed E-state index contributed by atoms with van der Waals surface area (Å²) >= 11 is 0. The van der Waals surface area contributed by atoms with E-state index in [9.17, 15) is 19.3 Å². The van der Waals surface area contributed by atoms with Gasteiger partial charge in [0.1, 0.15) is 0 Å². The molecule has 0 aliphatic carbocycles. The number of halogens is 1. The van der Waals surface area contributed by atoms with Gasteiger partial charge in [-0.05, 0) is 24.5 Å². The summed E-state index contributed by atoms with van der Waals surface area (Å²) in [4.78, 5) is 23.3. The van der Waals surface area contributed by atoms with Gasteiger partial charge in [-0.25, -0.2) is 0 Å². The molecule has 1 aromatic rings. The summed E-state index contributed by atoms with van der Waals surface area (Å²) in [5, 5.41) is 10.5. The minimum Gasteiger partial charge on any atom is -0.338 e. The van der Waals surface area contributed by atoms with Crippen molar-refractivity contribution in [1.82, 2.24) is 4.90 Å². The Morgan fingerprint density at radius 1 is 1.32 bits per heavy atom. The molecule has 1 aliphatic rings. The number of likely N-dealkylation sites (tertiary alicyclic amines) is 1. The third kappa shape index (κ3) is 3.27. The summed E-state index contributed by atoms with van der Waals surface area (Å²) in [5.41, 5.74) is 0.0456. The number of carbonyl (C=O) groups is 1. The fourth-order valence-corrected chi connectivity index (χ4v) is 2.22. The Morgan fingerprint density at radius 3 is 2.79 bits per heavy atom. The zero-order valence-corrected chi connectivity index (χ0v) is 10.5. The lowest BCUT2D eigenvalue weighted by atomic mass is 10.2. The van der Waals surface area contributed by atoms with Crippen molar-refractivity contribution in [1.29, 1.82) is 0 Å². The topological polar surface area (TPSA) is 63.5 Å². The normalized spacial score (nSPS) is 16.3. The van der Waals surface area contributed by atoms with Gasteiger partial charge >= 0.3 is 5.69 Å². The minimum absolute atomic E-state index is 0.0660. The van der Waals surface area contributed by atoms with Crippen LogP contribution in [0.15, 0.2) is 18.2 Å². The fourth-order valence-electron chi connectivity index (χ4n) is 2.22. The van der Waals surface area contributed by atoms with Crippen LogP contribution in [0.1, 0.15) is 31.2 Å². The fraction of sp³-hybridized carbons (Fsp3) is 0.462. The highest BCUT2D eigenvalue weighted by Gasteiger charge is 2.19. The average molecular weight is 266 g/mol. The predicted molar refractivity (Wildman–Crippen MR) is 66.9 cm³/mol. The van der Waals surface area contributed by atoms with Crippen molar-refractivity contribution in [2.75, 3.05) is 6.54 Å². The first-order valence-electron chi connectivity index (χ1n) is 6.28. The maximum absolute atomic E-state index is 13.5. The molecule has 1 saturated heterocycles. The Morgan fingerprint density at radius 2 is 2.11 bits per heavy atom. The largest absolute Gasteiger partial charge is 0.338 e. The molecule has 19 heavy (non-hydrogen) atoms. The summed E-state index contributed by atoms with van der Waals surface area (Å²) in [6, 6.07) is 3.78. The number of amides is 1. The van der Waals surface area contributed by atoms with Crippen LogP contribution in [0.25, 0.3) is 0 Å². The van der Waals surface area contributed by atoms with Crippen molar-refractivity contribution in [3.8, 4) is 0 Å². The van der Waals surface area contributed by atoms with Crippen molar-refractivity contribution in [3.63, 3.8) is 0 Å². The second kappa shape index (κ2) is 5.77. The molecular weight excluding hydrogens is 251 g/mol. The lowest BCUT2D eigenvalue weighted by Crippen LogP contribution is -2.29. The van der Waals surface area contributed by atoms with Gasteiger partial charge in [-0.2, -0.15) is 4.39 Å². The van der Waals surface area contributed by atoms with Gasteiger partial charge in [-0.3, -0.25) is 14.9 Å². The molecule has 0 radical (unpaired) electrons. The van der Waals surface area contributed by atoms with Crippen LogP contribution in [0.4, 0.5) is 10.1 Å². The van der Waals surface area contributed by atoms with Gasteiger partial charge in [-0.1, -0.05) is 12.5 Å². The number of nitro groups is 1. The molecular formula is C13H15FN2O3. The van der Waals surface area contributed by atoms with Crippen molar-refractivity contribution in [2.24, 2.45) is 0 Å². The number of hydrogen-bond acceptors (Lipinski definition) is 3. The quantitative estimate of drug-likeness (QED) is 0.624. The van der Waals surface area contributed by atoms with Crippen molar-refractivity contribution in [2.45, 2.75) is 32.2 Å². The highest BCUT2D eigenvalue weighted by molar-refractivity contribution is 5.76. The van der Waals surface area contributed by atoms with E-state index in [0.717, 1.165) is 31.4 Å². The van der Waals surface area contributed by atoms with E-state index in [1.807, 2.05) is 0 Å². The Bertz CT molecular complexity index is 505. The standard InChI is InChI=1S/C13H15FN2O3/c14-11-8-10(5-6-12(11)16(18)19)9-15-7-3-1-2-4-13(15)17/h5-6,8H,1-4,7,9H2. The second-order valence-corrected chi connectivity index (χ2v) is 4.67. The molecule has 0 N–H and O–H groups in total. The lowest BCUT2D eigenvalue weighted by Gasteiger charge is -2.20. The minimum atomic E-state index is -0.857. The molecule has 1 aromatic carbocycles. The summed E-state index contributed by atoms with van der Waals surface area (Å²) in [7, 11) is 0. The highest BCUT2D eigenvalue weighted by atomic mass is 19.1. The molecule has 1 fully saturated rings. The van der Waals surface area contributed by atoms with Crippen LogP contribution in [0, 0.1) is 15.9 Å². The maximum Gasteiger partial charge on any atom is 0.304 e. The van der Waals surface area contributed by atoms with Gasteiger partial charge in [0.25, 0.3) is 0 Å². The second-order valence-electron chi connectivity index (χ2n) is 4.67. The molecule has 2 rings (SSSR count). The van der Waals surface area contributed by atoms with E-state index in [2.05, 4.69) is 0 Å². The van der Waals surface area contributed by atoms with Crippen LogP contribution in [0.2, 0.25) is 0 Å². The molecule has 1 aliphatic heterocycles. The van der Waals surface area contributed by atoms with E-state index in [0.29, 0.717) is 25.1 Å². The van der Waals surface area contributed by atoms with E-state index in [-0.39, 0.29) is 5.91 Å². The molecule has 5 nitrogen and oxygen atoms in total. The highest BCUT2D eigenvalue weighted by Crippen LogP contribution is 2.20. The van der Waals surface area contributed by atoms with Crippen molar-refractivity contribution >= 4 is 11.6 Å². The molecule has 0 bridgehead atoms. The van der Waals surface area contributed by atoms with E-state index >= 15 is 0 Å². The van der Waals surface area contributed by atoms with E-state index in [1.165, 1.54) is 6.07 Å². The smallest absolute Gasteiger partial charge is 0.304 e. The number of benzene rings is 1. The van der Waals surface area contributed by atoms with E-state index < -0.39 is 16.4 Å². The molecule has 0 saturated carbocycles. The molecule has 0 atom stereocenters. The Kier molecular flexibility index (Phi) is 4.09. The van der Waals surface area contributed by atoms with Gasteiger partial charge in [0.05, 0.1) is 4.92 Å². The Labute approximate surface area is 110 Å². The monoisotopic (exact) mass is 266 g/mol. The van der Waals surface area contributed by atoms with Crippen LogP contribution >= 0.6 is 0 Å². The third-order valence-corrected chi connectivity index (χ3v) is 3.25. The zero-order chi connectivity index (χ0) is 13.8.